The summed E-state index contributed by atoms with van der Waals surface area (Å²) < 4.78 is 36.4. The van der Waals surface area contributed by atoms with E-state index in [0.717, 1.165) is 0 Å². The normalized spacial score (nSPS) is 15.0. The number of carbonyl (C=O) groups is 2. The van der Waals surface area contributed by atoms with Crippen LogP contribution in [0.2, 0.25) is 0 Å². The number of nitrogens with one attached hydrogen (secondary N) is 1. The van der Waals surface area contributed by atoms with Gasteiger partial charge in [0.2, 0.25) is 5.91 Å². The summed E-state index contributed by atoms with van der Waals surface area (Å²) in [6.07, 6.45) is -6.14. The number of halogens is 3. The minimum absolute atomic E-state index is 0.282. The van der Waals surface area contributed by atoms with Gasteiger partial charge >= 0.3 is 6.18 Å². The average Bonchev–Trinajstić information content (AvgIpc) is 2.06. The molecule has 0 aromatic rings. The van der Waals surface area contributed by atoms with E-state index in [1.807, 2.05) is 0 Å². The maximum atomic E-state index is 12.2. The Balaban J connectivity index is 5.02. The molecule has 0 aliphatic rings. The van der Waals surface area contributed by atoms with E-state index in [4.69, 9.17) is 0 Å². The molecule has 0 saturated heterocycles. The van der Waals surface area contributed by atoms with Crippen molar-refractivity contribution in [3.63, 3.8) is 0 Å². The molecule has 1 unspecified atom stereocenters. The Morgan fingerprint density at radius 1 is 1.00 bits per heavy atom. The van der Waals surface area contributed by atoms with Gasteiger partial charge in [-0.1, -0.05) is 41.5 Å². The molecule has 0 aromatic heterocycles. The third-order valence-corrected chi connectivity index (χ3v) is 2.53. The van der Waals surface area contributed by atoms with E-state index in [0.29, 0.717) is 0 Å². The summed E-state index contributed by atoms with van der Waals surface area (Å²) in [4.78, 5) is 23.6. The van der Waals surface area contributed by atoms with Crippen LogP contribution in [0.15, 0.2) is 0 Å². The number of hydrogen-bond donors (Lipinski definition) is 1. The number of hydrogen-bond acceptors (Lipinski definition) is 2. The molecule has 0 aliphatic heterocycles. The molecular weight excluding hydrogens is 259 g/mol. The van der Waals surface area contributed by atoms with Gasteiger partial charge in [-0.15, -0.1) is 0 Å². The number of ketones is 1. The fourth-order valence-electron chi connectivity index (χ4n) is 1.50. The first kappa shape index (κ1) is 17.9. The number of carbonyl (C=O) groups excluding carboxylic acids is 2. The lowest BCUT2D eigenvalue weighted by molar-refractivity contribution is -0.156. The first-order chi connectivity index (χ1) is 8.14. The second-order valence-corrected chi connectivity index (χ2v) is 6.77. The van der Waals surface area contributed by atoms with E-state index < -0.39 is 35.4 Å². The van der Waals surface area contributed by atoms with Gasteiger partial charge in [-0.3, -0.25) is 9.59 Å². The summed E-state index contributed by atoms with van der Waals surface area (Å²) in [5.74, 6) is -1.46. The van der Waals surface area contributed by atoms with E-state index in [1.54, 1.807) is 41.5 Å². The standard InChI is InChI=1S/C13H22F3NO2/c1-11(2,3)9(10(19)12(4,5)6)17-8(18)7-13(14,15)16/h9H,7H2,1-6H3,(H,17,18). The van der Waals surface area contributed by atoms with Crippen LogP contribution in [0.5, 0.6) is 0 Å². The Hall–Kier alpha value is -1.07. The van der Waals surface area contributed by atoms with Crippen molar-refractivity contribution in [2.45, 2.75) is 60.2 Å². The van der Waals surface area contributed by atoms with Crippen LogP contribution in [0.25, 0.3) is 0 Å². The molecule has 0 radical (unpaired) electrons. The summed E-state index contributed by atoms with van der Waals surface area (Å²) in [7, 11) is 0. The quantitative estimate of drug-likeness (QED) is 0.864. The van der Waals surface area contributed by atoms with Crippen molar-refractivity contribution in [2.75, 3.05) is 0 Å². The monoisotopic (exact) mass is 281 g/mol. The molecule has 0 aliphatic carbocycles. The van der Waals surface area contributed by atoms with E-state index in [2.05, 4.69) is 5.32 Å². The van der Waals surface area contributed by atoms with Gasteiger partial charge in [-0.2, -0.15) is 13.2 Å². The van der Waals surface area contributed by atoms with Gasteiger partial charge in [0, 0.05) is 5.41 Å². The van der Waals surface area contributed by atoms with Crippen molar-refractivity contribution >= 4 is 11.7 Å². The summed E-state index contributed by atoms with van der Waals surface area (Å²) in [6.45, 7) is 10.1. The van der Waals surface area contributed by atoms with Crippen LogP contribution in [0, 0.1) is 10.8 Å². The van der Waals surface area contributed by atoms with Crippen molar-refractivity contribution in [3.05, 3.63) is 0 Å². The Morgan fingerprint density at radius 2 is 1.42 bits per heavy atom. The number of alkyl halides is 3. The van der Waals surface area contributed by atoms with Gasteiger partial charge in [0.1, 0.15) is 6.42 Å². The third-order valence-electron chi connectivity index (χ3n) is 2.53. The lowest BCUT2D eigenvalue weighted by atomic mass is 9.75. The van der Waals surface area contributed by atoms with Crippen molar-refractivity contribution in [1.29, 1.82) is 0 Å². The third kappa shape index (κ3) is 6.59. The van der Waals surface area contributed by atoms with Gasteiger partial charge in [0.05, 0.1) is 6.04 Å². The maximum Gasteiger partial charge on any atom is 0.397 e. The average molecular weight is 281 g/mol. The highest BCUT2D eigenvalue weighted by Crippen LogP contribution is 2.28. The highest BCUT2D eigenvalue weighted by atomic mass is 19.4. The van der Waals surface area contributed by atoms with Gasteiger partial charge in [-0.25, -0.2) is 0 Å². The Morgan fingerprint density at radius 3 is 1.68 bits per heavy atom. The fraction of sp³-hybridized carbons (Fsp3) is 0.846. The van der Waals surface area contributed by atoms with E-state index in [9.17, 15) is 22.8 Å². The molecule has 0 spiro atoms. The molecule has 1 N–H and O–H groups in total. The predicted molar refractivity (Wildman–Crippen MR) is 66.5 cm³/mol. The molecule has 19 heavy (non-hydrogen) atoms. The molecule has 0 aromatic carbocycles. The number of amides is 1. The SMILES string of the molecule is CC(C)(C)C(=O)C(NC(=O)CC(F)(F)F)C(C)(C)C. The number of rotatable bonds is 3. The van der Waals surface area contributed by atoms with E-state index >= 15 is 0 Å². The molecule has 1 atom stereocenters. The van der Waals surface area contributed by atoms with Crippen LogP contribution < -0.4 is 5.32 Å². The first-order valence-corrected chi connectivity index (χ1v) is 6.05. The van der Waals surface area contributed by atoms with Crippen LogP contribution in [0.4, 0.5) is 13.2 Å². The van der Waals surface area contributed by atoms with Crippen molar-refractivity contribution in [1.82, 2.24) is 5.32 Å². The molecule has 0 fully saturated rings. The van der Waals surface area contributed by atoms with E-state index in [1.165, 1.54) is 0 Å². The minimum Gasteiger partial charge on any atom is -0.345 e. The molecule has 0 heterocycles. The lowest BCUT2D eigenvalue weighted by Crippen LogP contribution is -2.53. The van der Waals surface area contributed by atoms with Gasteiger partial charge < -0.3 is 5.32 Å². The summed E-state index contributed by atoms with van der Waals surface area (Å²) in [5.41, 5.74) is -1.38. The van der Waals surface area contributed by atoms with Gasteiger partial charge in [-0.05, 0) is 5.41 Å². The molecule has 3 nitrogen and oxygen atoms in total. The largest absolute Gasteiger partial charge is 0.397 e. The predicted octanol–water partition coefficient (Wildman–Crippen LogP) is 3.08. The Bertz CT molecular complexity index is 348. The van der Waals surface area contributed by atoms with Crippen LogP contribution in [-0.2, 0) is 9.59 Å². The van der Waals surface area contributed by atoms with Gasteiger partial charge in [0.15, 0.2) is 5.78 Å². The van der Waals surface area contributed by atoms with E-state index in [-0.39, 0.29) is 5.78 Å². The highest BCUT2D eigenvalue weighted by Gasteiger charge is 2.40. The Kier molecular flexibility index (Phi) is 5.20. The topological polar surface area (TPSA) is 46.2 Å². The molecule has 1 amide bonds. The first-order valence-electron chi connectivity index (χ1n) is 6.05. The molecule has 0 bridgehead atoms. The second-order valence-electron chi connectivity index (χ2n) is 6.77. The molecule has 6 heteroatoms. The second kappa shape index (κ2) is 5.51. The van der Waals surface area contributed by atoms with Crippen LogP contribution in [-0.4, -0.2) is 23.9 Å². The Labute approximate surface area is 111 Å². The van der Waals surface area contributed by atoms with Crippen LogP contribution >= 0.6 is 0 Å². The summed E-state index contributed by atoms with van der Waals surface area (Å²) in [5, 5.41) is 2.21. The van der Waals surface area contributed by atoms with Crippen LogP contribution in [0.3, 0.4) is 0 Å². The zero-order valence-corrected chi connectivity index (χ0v) is 12.2. The van der Waals surface area contributed by atoms with Crippen LogP contribution in [0.1, 0.15) is 48.0 Å². The smallest absolute Gasteiger partial charge is 0.345 e. The molecule has 0 rings (SSSR count). The van der Waals surface area contributed by atoms with Gasteiger partial charge in [0.25, 0.3) is 0 Å². The zero-order chi connectivity index (χ0) is 15.6. The highest BCUT2D eigenvalue weighted by molar-refractivity contribution is 5.93. The molecule has 112 valence electrons. The van der Waals surface area contributed by atoms with Crippen molar-refractivity contribution in [2.24, 2.45) is 10.8 Å². The van der Waals surface area contributed by atoms with Crippen molar-refractivity contribution < 1.29 is 22.8 Å². The van der Waals surface area contributed by atoms with Crippen molar-refractivity contribution in [3.8, 4) is 0 Å². The fourth-order valence-corrected chi connectivity index (χ4v) is 1.50. The molecular formula is C13H22F3NO2. The lowest BCUT2D eigenvalue weighted by Gasteiger charge is -2.34. The summed E-state index contributed by atoms with van der Waals surface area (Å²) >= 11 is 0. The summed E-state index contributed by atoms with van der Waals surface area (Å²) in [6, 6.07) is -0.942. The number of Topliss-reactive ketones (excluding diaryl/α,β-unsaturated/α-hetero) is 1. The zero-order valence-electron chi connectivity index (χ0n) is 12.2. The maximum absolute atomic E-state index is 12.2. The molecule has 0 saturated carbocycles. The minimum atomic E-state index is -4.57.